The van der Waals surface area contributed by atoms with Crippen LogP contribution in [0.25, 0.3) is 16.7 Å². The zero-order chi connectivity index (χ0) is 15.0. The van der Waals surface area contributed by atoms with Crippen molar-refractivity contribution in [1.29, 1.82) is 0 Å². The molecular weight excluding hydrogens is 260 g/mol. The molecule has 3 heteroatoms. The lowest BCUT2D eigenvalue weighted by molar-refractivity contribution is 0.590. The first kappa shape index (κ1) is 13.6. The second-order valence-electron chi connectivity index (χ2n) is 6.22. The van der Waals surface area contributed by atoms with Gasteiger partial charge in [-0.05, 0) is 35.2 Å². The predicted octanol–water partition coefficient (Wildman–Crippen LogP) is 3.68. The maximum absolute atomic E-state index is 12.2. The van der Waals surface area contributed by atoms with Gasteiger partial charge in [-0.25, -0.2) is 4.98 Å². The van der Waals surface area contributed by atoms with E-state index >= 15 is 0 Å². The summed E-state index contributed by atoms with van der Waals surface area (Å²) in [5.41, 5.74) is 3.75. The average molecular weight is 278 g/mol. The van der Waals surface area contributed by atoms with Crippen LogP contribution < -0.4 is 5.56 Å². The van der Waals surface area contributed by atoms with Gasteiger partial charge in [0.05, 0.1) is 17.2 Å². The molecule has 0 aliphatic heterocycles. The molecule has 0 radical (unpaired) electrons. The normalized spacial score (nSPS) is 11.8. The van der Waals surface area contributed by atoms with Gasteiger partial charge in [0.25, 0.3) is 5.56 Å². The quantitative estimate of drug-likeness (QED) is 0.680. The Bertz CT molecular complexity index is 839. The van der Waals surface area contributed by atoms with Gasteiger partial charge in [-0.2, -0.15) is 0 Å². The molecule has 3 rings (SSSR count). The Labute approximate surface area is 123 Å². The number of hydrogen-bond acceptors (Lipinski definition) is 2. The van der Waals surface area contributed by atoms with Crippen molar-refractivity contribution < 1.29 is 0 Å². The summed E-state index contributed by atoms with van der Waals surface area (Å²) in [5.74, 6) is 0. The van der Waals surface area contributed by atoms with E-state index in [-0.39, 0.29) is 11.0 Å². The van der Waals surface area contributed by atoms with Gasteiger partial charge in [0.15, 0.2) is 0 Å². The molecule has 0 saturated carbocycles. The molecule has 0 N–H and O–H groups in total. The summed E-state index contributed by atoms with van der Waals surface area (Å²) in [6.07, 6.45) is 1.38. The van der Waals surface area contributed by atoms with E-state index in [1.165, 1.54) is 11.8 Å². The first-order valence-electron chi connectivity index (χ1n) is 7.04. The molecule has 106 valence electrons. The Morgan fingerprint density at radius 1 is 0.952 bits per heavy atom. The van der Waals surface area contributed by atoms with E-state index < -0.39 is 0 Å². The number of hydrogen-bond donors (Lipinski definition) is 0. The van der Waals surface area contributed by atoms with Gasteiger partial charge in [-0.15, -0.1) is 0 Å². The molecule has 0 amide bonds. The van der Waals surface area contributed by atoms with Gasteiger partial charge in [0.1, 0.15) is 0 Å². The minimum absolute atomic E-state index is 0.101. The van der Waals surface area contributed by atoms with Crippen molar-refractivity contribution in [3.8, 4) is 5.69 Å². The SMILES string of the molecule is CC(C)(C)c1ccc(-n2c(=O)cnc3ccccc32)cc1. The van der Waals surface area contributed by atoms with Gasteiger partial charge in [0.2, 0.25) is 0 Å². The van der Waals surface area contributed by atoms with Gasteiger partial charge in [-0.3, -0.25) is 9.36 Å². The molecule has 2 aromatic carbocycles. The van der Waals surface area contributed by atoms with Gasteiger partial charge >= 0.3 is 0 Å². The van der Waals surface area contributed by atoms with Crippen molar-refractivity contribution in [3.63, 3.8) is 0 Å². The Hall–Kier alpha value is -2.42. The molecule has 3 nitrogen and oxygen atoms in total. The number of para-hydroxylation sites is 2. The third-order valence-electron chi connectivity index (χ3n) is 3.65. The first-order valence-corrected chi connectivity index (χ1v) is 7.04. The molecule has 3 aromatic rings. The molecule has 1 aromatic heterocycles. The molecular formula is C18H18N2O. The summed E-state index contributed by atoms with van der Waals surface area (Å²) in [6.45, 7) is 6.53. The molecule has 1 heterocycles. The Morgan fingerprint density at radius 3 is 2.29 bits per heavy atom. The first-order chi connectivity index (χ1) is 9.97. The third kappa shape index (κ3) is 2.47. The fraction of sp³-hybridized carbons (Fsp3) is 0.222. The lowest BCUT2D eigenvalue weighted by Gasteiger charge is -2.19. The number of fused-ring (bicyclic) bond motifs is 1. The fourth-order valence-corrected chi connectivity index (χ4v) is 2.44. The maximum Gasteiger partial charge on any atom is 0.274 e. The summed E-state index contributed by atoms with van der Waals surface area (Å²) in [6, 6.07) is 15.8. The summed E-state index contributed by atoms with van der Waals surface area (Å²) >= 11 is 0. The van der Waals surface area contributed by atoms with Crippen molar-refractivity contribution >= 4 is 11.0 Å². The van der Waals surface area contributed by atoms with Crippen LogP contribution in [0.15, 0.2) is 59.5 Å². The van der Waals surface area contributed by atoms with Crippen LogP contribution in [-0.2, 0) is 5.41 Å². The van der Waals surface area contributed by atoms with Crippen LogP contribution in [0.1, 0.15) is 26.3 Å². The second kappa shape index (κ2) is 4.85. The van der Waals surface area contributed by atoms with E-state index in [0.29, 0.717) is 0 Å². The molecule has 0 spiro atoms. The van der Waals surface area contributed by atoms with E-state index in [1.807, 2.05) is 36.4 Å². The number of rotatable bonds is 1. The highest BCUT2D eigenvalue weighted by molar-refractivity contribution is 5.76. The number of benzene rings is 2. The predicted molar refractivity (Wildman–Crippen MR) is 86.0 cm³/mol. The van der Waals surface area contributed by atoms with E-state index in [9.17, 15) is 4.79 Å². The number of aromatic nitrogens is 2. The molecule has 0 bridgehead atoms. The van der Waals surface area contributed by atoms with Crippen molar-refractivity contribution in [2.75, 3.05) is 0 Å². The Morgan fingerprint density at radius 2 is 1.62 bits per heavy atom. The highest BCUT2D eigenvalue weighted by atomic mass is 16.1. The monoisotopic (exact) mass is 278 g/mol. The van der Waals surface area contributed by atoms with Crippen molar-refractivity contribution in [3.05, 3.63) is 70.6 Å². The topological polar surface area (TPSA) is 34.9 Å². The van der Waals surface area contributed by atoms with Crippen LogP contribution in [-0.4, -0.2) is 9.55 Å². The Balaban J connectivity index is 2.21. The smallest absolute Gasteiger partial charge is 0.274 e. The third-order valence-corrected chi connectivity index (χ3v) is 3.65. The molecule has 0 saturated heterocycles. The molecule has 0 aliphatic rings. The van der Waals surface area contributed by atoms with Crippen molar-refractivity contribution in [1.82, 2.24) is 9.55 Å². The van der Waals surface area contributed by atoms with E-state index in [2.05, 4.69) is 37.9 Å². The molecule has 0 aliphatic carbocycles. The summed E-state index contributed by atoms with van der Waals surface area (Å²) in [7, 11) is 0. The molecule has 0 fully saturated rings. The lowest BCUT2D eigenvalue weighted by atomic mass is 9.87. The van der Waals surface area contributed by atoms with Crippen LogP contribution in [0.4, 0.5) is 0 Å². The van der Waals surface area contributed by atoms with E-state index in [1.54, 1.807) is 4.57 Å². The van der Waals surface area contributed by atoms with Crippen molar-refractivity contribution in [2.24, 2.45) is 0 Å². The molecule has 21 heavy (non-hydrogen) atoms. The highest BCUT2D eigenvalue weighted by Crippen LogP contribution is 2.23. The average Bonchev–Trinajstić information content (AvgIpc) is 2.46. The highest BCUT2D eigenvalue weighted by Gasteiger charge is 2.13. The van der Waals surface area contributed by atoms with Crippen LogP contribution in [0.3, 0.4) is 0 Å². The largest absolute Gasteiger partial charge is 0.274 e. The summed E-state index contributed by atoms with van der Waals surface area (Å²) in [5, 5.41) is 0. The van der Waals surface area contributed by atoms with E-state index in [0.717, 1.165) is 16.7 Å². The minimum Gasteiger partial charge on any atom is -0.274 e. The van der Waals surface area contributed by atoms with Crippen LogP contribution in [0.2, 0.25) is 0 Å². The molecule has 0 atom stereocenters. The summed E-state index contributed by atoms with van der Waals surface area (Å²) < 4.78 is 1.70. The van der Waals surface area contributed by atoms with Gasteiger partial charge in [-0.1, -0.05) is 45.0 Å². The minimum atomic E-state index is -0.114. The second-order valence-corrected chi connectivity index (χ2v) is 6.22. The van der Waals surface area contributed by atoms with Crippen LogP contribution in [0, 0.1) is 0 Å². The maximum atomic E-state index is 12.2. The Kier molecular flexibility index (Phi) is 3.13. The lowest BCUT2D eigenvalue weighted by Crippen LogP contribution is -2.19. The summed E-state index contributed by atoms with van der Waals surface area (Å²) in [4.78, 5) is 16.4. The zero-order valence-corrected chi connectivity index (χ0v) is 12.5. The van der Waals surface area contributed by atoms with E-state index in [4.69, 9.17) is 0 Å². The van der Waals surface area contributed by atoms with Gasteiger partial charge < -0.3 is 0 Å². The number of nitrogens with zero attached hydrogens (tertiary/aromatic N) is 2. The zero-order valence-electron chi connectivity index (χ0n) is 12.5. The molecule has 0 unspecified atom stereocenters. The van der Waals surface area contributed by atoms with Gasteiger partial charge in [0, 0.05) is 5.69 Å². The van der Waals surface area contributed by atoms with Crippen LogP contribution in [0.5, 0.6) is 0 Å². The fourth-order valence-electron chi connectivity index (χ4n) is 2.44. The van der Waals surface area contributed by atoms with Crippen LogP contribution >= 0.6 is 0 Å². The van der Waals surface area contributed by atoms with Crippen molar-refractivity contribution in [2.45, 2.75) is 26.2 Å². The standard InChI is InChI=1S/C18H18N2O/c1-18(2,3)13-8-10-14(11-9-13)20-16-7-5-4-6-15(16)19-12-17(20)21/h4-12H,1-3H3.